The molecule has 0 radical (unpaired) electrons. The first-order valence-corrected chi connectivity index (χ1v) is 7.93. The second kappa shape index (κ2) is 5.82. The van der Waals surface area contributed by atoms with Crippen LogP contribution in [0, 0.1) is 0 Å². The lowest BCUT2D eigenvalue weighted by Crippen LogP contribution is -2.18. The van der Waals surface area contributed by atoms with Crippen molar-refractivity contribution < 1.29 is 13.2 Å². The van der Waals surface area contributed by atoms with E-state index in [1.807, 2.05) is 0 Å². The van der Waals surface area contributed by atoms with Gasteiger partial charge in [0.2, 0.25) is 0 Å². The van der Waals surface area contributed by atoms with Gasteiger partial charge in [0.25, 0.3) is 10.0 Å². The molecule has 0 aliphatic carbocycles. The highest BCUT2D eigenvalue weighted by atomic mass is 35.5. The second-order valence-corrected chi connectivity index (χ2v) is 6.26. The fourth-order valence-corrected chi connectivity index (χ4v) is 3.29. The van der Waals surface area contributed by atoms with Crippen LogP contribution in [-0.2, 0) is 17.1 Å². The standard InChI is InChI=1S/C12H15ClN4O3S/c1-3-20-10-5-4-8(13)6-9(10)16-21(18,19)12-11(14)15-7-17(12)2/h4-7,16H,3,14H2,1-2H3. The molecule has 0 atom stereocenters. The van der Waals surface area contributed by atoms with Gasteiger partial charge in [0.1, 0.15) is 5.75 Å². The molecule has 1 aromatic carbocycles. The molecule has 0 saturated carbocycles. The number of nitrogens with two attached hydrogens (primary N) is 1. The highest BCUT2D eigenvalue weighted by Gasteiger charge is 2.24. The van der Waals surface area contributed by atoms with Gasteiger partial charge in [-0.3, -0.25) is 4.72 Å². The molecular formula is C12H15ClN4O3S. The number of benzene rings is 1. The van der Waals surface area contributed by atoms with E-state index in [9.17, 15) is 8.42 Å². The van der Waals surface area contributed by atoms with Crippen LogP contribution in [0.3, 0.4) is 0 Å². The number of anilines is 2. The number of imidazole rings is 1. The summed E-state index contributed by atoms with van der Waals surface area (Å²) >= 11 is 5.90. The minimum absolute atomic E-state index is 0.0787. The number of nitrogens with zero attached hydrogens (tertiary/aromatic N) is 2. The van der Waals surface area contributed by atoms with Crippen LogP contribution in [0.1, 0.15) is 6.92 Å². The van der Waals surface area contributed by atoms with Gasteiger partial charge in [0.15, 0.2) is 10.8 Å². The maximum Gasteiger partial charge on any atom is 0.281 e. The van der Waals surface area contributed by atoms with E-state index >= 15 is 0 Å². The van der Waals surface area contributed by atoms with Gasteiger partial charge in [0, 0.05) is 12.1 Å². The molecule has 0 spiro atoms. The van der Waals surface area contributed by atoms with Crippen LogP contribution in [0.25, 0.3) is 0 Å². The van der Waals surface area contributed by atoms with E-state index < -0.39 is 10.0 Å². The van der Waals surface area contributed by atoms with Gasteiger partial charge in [-0.25, -0.2) is 4.98 Å². The molecule has 7 nitrogen and oxygen atoms in total. The summed E-state index contributed by atoms with van der Waals surface area (Å²) in [6.45, 7) is 2.19. The first kappa shape index (κ1) is 15.5. The topological polar surface area (TPSA) is 99.2 Å². The zero-order valence-corrected chi connectivity index (χ0v) is 13.1. The molecule has 0 bridgehead atoms. The van der Waals surface area contributed by atoms with Crippen molar-refractivity contribution in [3.8, 4) is 5.75 Å². The van der Waals surface area contributed by atoms with Crippen LogP contribution in [0.2, 0.25) is 5.02 Å². The number of sulfonamides is 1. The number of hydrogen-bond acceptors (Lipinski definition) is 5. The number of hydrogen-bond donors (Lipinski definition) is 2. The summed E-state index contributed by atoms with van der Waals surface area (Å²) in [5, 5.41) is 0.263. The first-order chi connectivity index (χ1) is 9.85. The minimum atomic E-state index is -3.90. The number of halogens is 1. The Morgan fingerprint density at radius 2 is 2.19 bits per heavy atom. The van der Waals surface area contributed by atoms with E-state index in [2.05, 4.69) is 9.71 Å². The third-order valence-electron chi connectivity index (χ3n) is 2.65. The second-order valence-electron chi connectivity index (χ2n) is 4.22. The predicted molar refractivity (Wildman–Crippen MR) is 81.0 cm³/mol. The van der Waals surface area contributed by atoms with Crippen LogP contribution < -0.4 is 15.2 Å². The van der Waals surface area contributed by atoms with Crippen molar-refractivity contribution >= 4 is 33.1 Å². The fraction of sp³-hybridized carbons (Fsp3) is 0.250. The molecule has 21 heavy (non-hydrogen) atoms. The maximum absolute atomic E-state index is 12.4. The number of aromatic nitrogens is 2. The number of ether oxygens (including phenoxy) is 1. The Morgan fingerprint density at radius 3 is 2.76 bits per heavy atom. The molecule has 1 aromatic heterocycles. The third kappa shape index (κ3) is 3.22. The molecule has 2 rings (SSSR count). The number of nitrogen functional groups attached to an aromatic ring is 1. The summed E-state index contributed by atoms with van der Waals surface area (Å²) < 4.78 is 34.0. The number of rotatable bonds is 5. The molecule has 0 aliphatic heterocycles. The maximum atomic E-state index is 12.4. The number of nitrogens with one attached hydrogen (secondary N) is 1. The molecule has 9 heteroatoms. The predicted octanol–water partition coefficient (Wildman–Crippen LogP) is 1.86. The smallest absolute Gasteiger partial charge is 0.281 e. The van der Waals surface area contributed by atoms with Crippen LogP contribution >= 0.6 is 11.6 Å². The Balaban J connectivity index is 2.44. The Labute approximate surface area is 127 Å². The van der Waals surface area contributed by atoms with E-state index in [1.54, 1.807) is 26.1 Å². The van der Waals surface area contributed by atoms with Gasteiger partial charge in [-0.15, -0.1) is 0 Å². The van der Waals surface area contributed by atoms with Gasteiger partial charge in [-0.05, 0) is 25.1 Å². The van der Waals surface area contributed by atoms with Crippen LogP contribution in [-0.4, -0.2) is 24.6 Å². The molecule has 114 valence electrons. The van der Waals surface area contributed by atoms with Crippen molar-refractivity contribution in [2.45, 2.75) is 11.9 Å². The van der Waals surface area contributed by atoms with Crippen molar-refractivity contribution in [1.29, 1.82) is 0 Å². The van der Waals surface area contributed by atoms with E-state index in [4.69, 9.17) is 22.1 Å². The highest BCUT2D eigenvalue weighted by molar-refractivity contribution is 7.92. The normalized spacial score (nSPS) is 11.4. The molecule has 0 saturated heterocycles. The van der Waals surface area contributed by atoms with Crippen LogP contribution in [0.5, 0.6) is 5.75 Å². The van der Waals surface area contributed by atoms with E-state index in [-0.39, 0.29) is 16.5 Å². The molecule has 2 aromatic rings. The lowest BCUT2D eigenvalue weighted by atomic mass is 10.3. The fourth-order valence-electron chi connectivity index (χ4n) is 1.82. The average molecular weight is 331 g/mol. The van der Waals surface area contributed by atoms with Crippen molar-refractivity contribution in [2.75, 3.05) is 17.1 Å². The SMILES string of the molecule is CCOc1ccc(Cl)cc1NS(=O)(=O)c1c(N)ncn1C. The lowest BCUT2D eigenvalue weighted by molar-refractivity contribution is 0.342. The Hall–Kier alpha value is -1.93. The quantitative estimate of drug-likeness (QED) is 0.871. The van der Waals surface area contributed by atoms with Crippen molar-refractivity contribution in [1.82, 2.24) is 9.55 Å². The van der Waals surface area contributed by atoms with E-state index in [0.29, 0.717) is 17.4 Å². The summed E-state index contributed by atoms with van der Waals surface area (Å²) in [6, 6.07) is 4.68. The van der Waals surface area contributed by atoms with E-state index in [0.717, 1.165) is 0 Å². The monoisotopic (exact) mass is 330 g/mol. The first-order valence-electron chi connectivity index (χ1n) is 6.07. The van der Waals surface area contributed by atoms with Gasteiger partial charge in [0.05, 0.1) is 18.6 Å². The van der Waals surface area contributed by atoms with Gasteiger partial charge in [-0.1, -0.05) is 11.6 Å². The summed E-state index contributed by atoms with van der Waals surface area (Å²) in [4.78, 5) is 3.76. The van der Waals surface area contributed by atoms with Crippen molar-refractivity contribution in [2.24, 2.45) is 7.05 Å². The largest absolute Gasteiger partial charge is 0.492 e. The van der Waals surface area contributed by atoms with Gasteiger partial charge >= 0.3 is 0 Å². The van der Waals surface area contributed by atoms with E-state index in [1.165, 1.54) is 17.0 Å². The lowest BCUT2D eigenvalue weighted by Gasteiger charge is -2.13. The molecular weight excluding hydrogens is 316 g/mol. The van der Waals surface area contributed by atoms with Gasteiger partial charge in [-0.2, -0.15) is 8.42 Å². The highest BCUT2D eigenvalue weighted by Crippen LogP contribution is 2.30. The summed E-state index contributed by atoms with van der Waals surface area (Å²) in [6.07, 6.45) is 1.32. The minimum Gasteiger partial charge on any atom is -0.492 e. The summed E-state index contributed by atoms with van der Waals surface area (Å²) in [5.41, 5.74) is 5.84. The average Bonchev–Trinajstić information content (AvgIpc) is 2.73. The van der Waals surface area contributed by atoms with Crippen LogP contribution in [0.15, 0.2) is 29.6 Å². The molecule has 0 amide bonds. The molecule has 1 heterocycles. The summed E-state index contributed by atoms with van der Waals surface area (Å²) in [7, 11) is -2.36. The third-order valence-corrected chi connectivity index (χ3v) is 4.38. The Kier molecular flexibility index (Phi) is 4.29. The zero-order chi connectivity index (χ0) is 15.6. The Bertz CT molecular complexity index is 738. The van der Waals surface area contributed by atoms with Crippen molar-refractivity contribution in [3.05, 3.63) is 29.5 Å². The van der Waals surface area contributed by atoms with Crippen LogP contribution in [0.4, 0.5) is 11.5 Å². The van der Waals surface area contributed by atoms with Gasteiger partial charge < -0.3 is 15.0 Å². The Morgan fingerprint density at radius 1 is 1.48 bits per heavy atom. The van der Waals surface area contributed by atoms with Crippen molar-refractivity contribution in [3.63, 3.8) is 0 Å². The molecule has 0 aliphatic rings. The number of aryl methyl sites for hydroxylation is 1. The summed E-state index contributed by atoms with van der Waals surface area (Å²) in [5.74, 6) is 0.302. The zero-order valence-electron chi connectivity index (χ0n) is 11.5. The molecule has 0 fully saturated rings. The molecule has 3 N–H and O–H groups in total. The molecule has 0 unspecified atom stereocenters.